The van der Waals surface area contributed by atoms with Gasteiger partial charge in [-0.3, -0.25) is 13.9 Å². The summed E-state index contributed by atoms with van der Waals surface area (Å²) in [4.78, 5) is 28.1. The summed E-state index contributed by atoms with van der Waals surface area (Å²) in [7, 11) is -3.60. The quantitative estimate of drug-likeness (QED) is 0.348. The number of hydrogen-bond acceptors (Lipinski definition) is 4. The Hall–Kier alpha value is -2.29. The average Bonchev–Trinajstić information content (AvgIpc) is 2.82. The maximum atomic E-state index is 13.5. The van der Waals surface area contributed by atoms with E-state index < -0.39 is 16.1 Å². The van der Waals surface area contributed by atoms with Crippen molar-refractivity contribution in [1.82, 2.24) is 10.2 Å². The van der Waals surface area contributed by atoms with E-state index in [1.807, 2.05) is 39.8 Å². The van der Waals surface area contributed by atoms with Crippen LogP contribution in [0.4, 0.5) is 5.69 Å². The van der Waals surface area contributed by atoms with Gasteiger partial charge in [-0.1, -0.05) is 62.2 Å². The number of carbonyl (C=O) groups is 2. The lowest BCUT2D eigenvalue weighted by Crippen LogP contribution is -2.49. The number of rotatable bonds is 13. The van der Waals surface area contributed by atoms with E-state index in [9.17, 15) is 18.0 Å². The van der Waals surface area contributed by atoms with Gasteiger partial charge in [0.15, 0.2) is 0 Å². The number of aryl methyl sites for hydroxylation is 1. The molecule has 0 aliphatic carbocycles. The van der Waals surface area contributed by atoms with Crippen molar-refractivity contribution in [2.75, 3.05) is 23.7 Å². The van der Waals surface area contributed by atoms with Gasteiger partial charge in [-0.2, -0.15) is 0 Å². The molecule has 2 amide bonds. The minimum absolute atomic E-state index is 0.0766. The smallest absolute Gasteiger partial charge is 0.242 e. The van der Waals surface area contributed by atoms with Crippen LogP contribution in [-0.4, -0.2) is 50.5 Å². The Balaban J connectivity index is 2.23. The molecule has 2 aromatic carbocycles. The zero-order chi connectivity index (χ0) is 27.8. The zero-order valence-electron chi connectivity index (χ0n) is 22.1. The highest BCUT2D eigenvalue weighted by atomic mass is 35.5. The zero-order valence-corrected chi connectivity index (χ0v) is 24.5. The van der Waals surface area contributed by atoms with Crippen molar-refractivity contribution in [3.63, 3.8) is 0 Å². The van der Waals surface area contributed by atoms with Crippen LogP contribution < -0.4 is 9.62 Å². The molecule has 37 heavy (non-hydrogen) atoms. The van der Waals surface area contributed by atoms with Crippen molar-refractivity contribution in [2.45, 2.75) is 59.5 Å². The van der Waals surface area contributed by atoms with Crippen LogP contribution in [0.3, 0.4) is 0 Å². The van der Waals surface area contributed by atoms with Gasteiger partial charge in [0.1, 0.15) is 6.04 Å². The van der Waals surface area contributed by atoms with Gasteiger partial charge < -0.3 is 10.2 Å². The first-order valence-corrected chi connectivity index (χ1v) is 15.0. The first-order valence-electron chi connectivity index (χ1n) is 12.4. The maximum absolute atomic E-state index is 13.5. The van der Waals surface area contributed by atoms with Crippen molar-refractivity contribution < 1.29 is 18.0 Å². The number of hydrogen-bond donors (Lipinski definition) is 1. The normalized spacial score (nSPS) is 12.3. The Bertz CT molecular complexity index is 1170. The molecule has 0 fully saturated rings. The molecule has 0 bridgehead atoms. The van der Waals surface area contributed by atoms with Crippen LogP contribution in [0.1, 0.15) is 51.2 Å². The highest BCUT2D eigenvalue weighted by Crippen LogP contribution is 2.27. The molecule has 0 spiro atoms. The molecule has 1 N–H and O–H groups in total. The van der Waals surface area contributed by atoms with Gasteiger partial charge in [-0.05, 0) is 61.1 Å². The predicted molar refractivity (Wildman–Crippen MR) is 152 cm³/mol. The van der Waals surface area contributed by atoms with E-state index in [0.29, 0.717) is 28.7 Å². The Labute approximate surface area is 231 Å². The van der Waals surface area contributed by atoms with Crippen LogP contribution in [0.25, 0.3) is 0 Å². The third-order valence-corrected chi connectivity index (χ3v) is 7.60. The number of amides is 2. The molecule has 0 aromatic heterocycles. The summed E-state index contributed by atoms with van der Waals surface area (Å²) in [5.41, 5.74) is 2.10. The van der Waals surface area contributed by atoms with Gasteiger partial charge >= 0.3 is 0 Å². The highest BCUT2D eigenvalue weighted by Gasteiger charge is 2.29. The number of anilines is 1. The minimum atomic E-state index is -3.60. The highest BCUT2D eigenvalue weighted by molar-refractivity contribution is 7.92. The molecular formula is C27H37Cl2N3O4S. The van der Waals surface area contributed by atoms with E-state index in [2.05, 4.69) is 5.32 Å². The number of nitrogens with one attached hydrogen (secondary N) is 1. The van der Waals surface area contributed by atoms with Crippen LogP contribution in [0.15, 0.2) is 42.5 Å². The maximum Gasteiger partial charge on any atom is 0.242 e. The number of carbonyl (C=O) groups excluding carboxylic acids is 2. The number of nitrogens with zero attached hydrogens (tertiary/aromatic N) is 2. The molecular weight excluding hydrogens is 533 g/mol. The Kier molecular flexibility index (Phi) is 11.7. The summed E-state index contributed by atoms with van der Waals surface area (Å²) in [6, 6.07) is 11.6. The van der Waals surface area contributed by atoms with Gasteiger partial charge in [0.2, 0.25) is 21.8 Å². The Morgan fingerprint density at radius 2 is 1.65 bits per heavy atom. The van der Waals surface area contributed by atoms with Crippen LogP contribution in [0, 0.1) is 12.8 Å². The van der Waals surface area contributed by atoms with E-state index in [-0.39, 0.29) is 43.7 Å². The molecule has 10 heteroatoms. The van der Waals surface area contributed by atoms with Crippen molar-refractivity contribution in [3.05, 3.63) is 63.6 Å². The molecule has 1 atom stereocenters. The van der Waals surface area contributed by atoms with Crippen molar-refractivity contribution in [2.24, 2.45) is 5.92 Å². The third-order valence-electron chi connectivity index (χ3n) is 5.93. The van der Waals surface area contributed by atoms with Crippen LogP contribution in [-0.2, 0) is 26.2 Å². The average molecular weight is 571 g/mol. The predicted octanol–water partition coefficient (Wildman–Crippen LogP) is 5.43. The summed E-state index contributed by atoms with van der Waals surface area (Å²) in [5.74, 6) is -0.151. The van der Waals surface area contributed by atoms with Crippen molar-refractivity contribution >= 4 is 50.7 Å². The monoisotopic (exact) mass is 569 g/mol. The first kappa shape index (κ1) is 30.9. The lowest BCUT2D eigenvalue weighted by molar-refractivity contribution is -0.141. The Morgan fingerprint density at radius 1 is 1.03 bits per heavy atom. The lowest BCUT2D eigenvalue weighted by Gasteiger charge is -2.31. The van der Waals surface area contributed by atoms with Gasteiger partial charge in [0.25, 0.3) is 0 Å². The van der Waals surface area contributed by atoms with Crippen LogP contribution in [0.2, 0.25) is 10.0 Å². The molecule has 7 nitrogen and oxygen atoms in total. The number of benzene rings is 2. The van der Waals surface area contributed by atoms with E-state index in [4.69, 9.17) is 23.2 Å². The Morgan fingerprint density at radius 3 is 2.22 bits per heavy atom. The molecule has 0 aliphatic rings. The fourth-order valence-electron chi connectivity index (χ4n) is 3.96. The molecule has 0 heterocycles. The van der Waals surface area contributed by atoms with Gasteiger partial charge in [-0.15, -0.1) is 0 Å². The summed E-state index contributed by atoms with van der Waals surface area (Å²) in [6.07, 6.45) is 1.93. The second-order valence-corrected chi connectivity index (χ2v) is 12.4. The van der Waals surface area contributed by atoms with E-state index in [0.717, 1.165) is 17.4 Å². The molecule has 204 valence electrons. The molecule has 2 aromatic rings. The standard InChI is InChI=1S/C27H37Cl2N3O4S/c1-6-24(27(34)30-17-19(2)3)31(18-21-10-13-22(28)14-11-21)26(33)8-7-15-32(37(5,35)36)25-16-23(29)12-9-20(25)4/h9-14,16,19,24H,6-8,15,17-18H2,1-5H3,(H,30,34)/t24-/m0/s1. The fraction of sp³-hybridized carbons (Fsp3) is 0.481. The van der Waals surface area contributed by atoms with Gasteiger partial charge in [0, 0.05) is 36.1 Å². The summed E-state index contributed by atoms with van der Waals surface area (Å²) >= 11 is 12.1. The van der Waals surface area contributed by atoms with Crippen LogP contribution >= 0.6 is 23.2 Å². The largest absolute Gasteiger partial charge is 0.354 e. The second-order valence-electron chi connectivity index (χ2n) is 9.58. The molecule has 0 unspecified atom stereocenters. The summed E-state index contributed by atoms with van der Waals surface area (Å²) < 4.78 is 26.4. The number of sulfonamides is 1. The lowest BCUT2D eigenvalue weighted by atomic mass is 10.1. The SMILES string of the molecule is CC[C@@H](C(=O)NCC(C)C)N(Cc1ccc(Cl)cc1)C(=O)CCCN(c1cc(Cl)ccc1C)S(C)(=O)=O. The minimum Gasteiger partial charge on any atom is -0.354 e. The van der Waals surface area contributed by atoms with E-state index >= 15 is 0 Å². The summed E-state index contributed by atoms with van der Waals surface area (Å²) in [5, 5.41) is 3.95. The van der Waals surface area contributed by atoms with Crippen LogP contribution in [0.5, 0.6) is 0 Å². The topological polar surface area (TPSA) is 86.8 Å². The van der Waals surface area contributed by atoms with Crippen molar-refractivity contribution in [1.29, 1.82) is 0 Å². The molecule has 2 rings (SSSR count). The van der Waals surface area contributed by atoms with Gasteiger partial charge in [0.05, 0.1) is 11.9 Å². The first-order chi connectivity index (χ1) is 17.3. The molecule has 0 aliphatic heterocycles. The molecule has 0 saturated carbocycles. The van der Waals surface area contributed by atoms with E-state index in [1.54, 1.807) is 35.2 Å². The van der Waals surface area contributed by atoms with Crippen molar-refractivity contribution in [3.8, 4) is 0 Å². The summed E-state index contributed by atoms with van der Waals surface area (Å²) in [6.45, 7) is 8.56. The molecule has 0 saturated heterocycles. The van der Waals surface area contributed by atoms with Gasteiger partial charge in [-0.25, -0.2) is 8.42 Å². The van der Waals surface area contributed by atoms with E-state index in [1.165, 1.54) is 4.31 Å². The fourth-order valence-corrected chi connectivity index (χ4v) is 5.27. The molecule has 0 radical (unpaired) electrons. The second kappa shape index (κ2) is 14.0. The third kappa shape index (κ3) is 9.51. The number of halogens is 2.